The molecule has 0 saturated carbocycles. The minimum absolute atomic E-state index is 0. The first-order chi connectivity index (χ1) is 11.2. The lowest BCUT2D eigenvalue weighted by Crippen LogP contribution is -2.42. The van der Waals surface area contributed by atoms with Gasteiger partial charge in [0.1, 0.15) is 12.4 Å². The van der Waals surface area contributed by atoms with Crippen LogP contribution in [0.15, 0.2) is 29.3 Å². The van der Waals surface area contributed by atoms with E-state index < -0.39 is 0 Å². The summed E-state index contributed by atoms with van der Waals surface area (Å²) in [5.41, 5.74) is 0.339. The maximum atomic E-state index is 6.08. The maximum Gasteiger partial charge on any atom is 0.193 e. The molecule has 1 aromatic carbocycles. The van der Waals surface area contributed by atoms with E-state index in [9.17, 15) is 0 Å². The van der Waals surface area contributed by atoms with Crippen LogP contribution in [0.5, 0.6) is 5.75 Å². The van der Waals surface area contributed by atoms with Crippen LogP contribution in [-0.4, -0.2) is 57.4 Å². The van der Waals surface area contributed by atoms with Gasteiger partial charge in [0.25, 0.3) is 0 Å². The third kappa shape index (κ3) is 4.67. The molecule has 5 nitrogen and oxygen atoms in total. The summed E-state index contributed by atoms with van der Waals surface area (Å²) in [6, 6.07) is 7.52. The van der Waals surface area contributed by atoms with Crippen molar-refractivity contribution in [1.29, 1.82) is 0 Å². The Morgan fingerprint density at radius 1 is 1.42 bits per heavy atom. The first kappa shape index (κ1) is 19.6. The summed E-state index contributed by atoms with van der Waals surface area (Å²) in [6.45, 7) is 5.08. The highest BCUT2D eigenvalue weighted by molar-refractivity contribution is 14.0. The number of guanidine groups is 1. The van der Waals surface area contributed by atoms with E-state index in [1.807, 2.05) is 31.3 Å². The van der Waals surface area contributed by atoms with Crippen molar-refractivity contribution < 1.29 is 9.47 Å². The molecular formula is C17H25ClIN3O2. The molecule has 0 bridgehead atoms. The number of rotatable bonds is 4. The molecule has 0 aromatic heterocycles. The van der Waals surface area contributed by atoms with Crippen molar-refractivity contribution in [3.05, 3.63) is 29.3 Å². The molecule has 1 unspecified atom stereocenters. The SMILES string of the molecule is CN=C(NCCOc1ccccc1Cl)N1CCC2(CCOC2)C1.I. The summed E-state index contributed by atoms with van der Waals surface area (Å²) in [5.74, 6) is 1.66. The fourth-order valence-electron chi connectivity index (χ4n) is 3.31. The van der Waals surface area contributed by atoms with Crippen LogP contribution in [0.1, 0.15) is 12.8 Å². The van der Waals surface area contributed by atoms with Gasteiger partial charge in [0.2, 0.25) is 0 Å². The van der Waals surface area contributed by atoms with E-state index in [2.05, 4.69) is 15.2 Å². The Labute approximate surface area is 165 Å². The third-order valence-corrected chi connectivity index (χ3v) is 4.93. The van der Waals surface area contributed by atoms with Crippen LogP contribution < -0.4 is 10.1 Å². The van der Waals surface area contributed by atoms with Gasteiger partial charge in [-0.05, 0) is 25.0 Å². The Kier molecular flexibility index (Phi) is 7.43. The van der Waals surface area contributed by atoms with Crippen molar-refractivity contribution in [2.45, 2.75) is 12.8 Å². The lowest BCUT2D eigenvalue weighted by atomic mass is 9.87. The van der Waals surface area contributed by atoms with Crippen molar-refractivity contribution >= 4 is 41.5 Å². The van der Waals surface area contributed by atoms with Crippen LogP contribution in [0.3, 0.4) is 0 Å². The highest BCUT2D eigenvalue weighted by atomic mass is 127. The van der Waals surface area contributed by atoms with Gasteiger partial charge in [-0.3, -0.25) is 4.99 Å². The van der Waals surface area contributed by atoms with Gasteiger partial charge in [-0.1, -0.05) is 23.7 Å². The minimum atomic E-state index is 0. The van der Waals surface area contributed by atoms with Crippen molar-refractivity contribution in [2.75, 3.05) is 46.5 Å². The van der Waals surface area contributed by atoms with Crippen LogP contribution in [0.25, 0.3) is 0 Å². The van der Waals surface area contributed by atoms with Crippen molar-refractivity contribution in [3.8, 4) is 5.75 Å². The van der Waals surface area contributed by atoms with E-state index in [0.717, 1.165) is 38.7 Å². The molecule has 1 atom stereocenters. The average Bonchev–Trinajstić information content (AvgIpc) is 3.20. The van der Waals surface area contributed by atoms with Crippen LogP contribution in [0, 0.1) is 5.41 Å². The minimum Gasteiger partial charge on any atom is -0.490 e. The number of hydrogen-bond donors (Lipinski definition) is 1. The molecule has 2 aliphatic heterocycles. The van der Waals surface area contributed by atoms with Gasteiger partial charge in [0, 0.05) is 32.2 Å². The average molecular weight is 466 g/mol. The zero-order chi connectivity index (χ0) is 16.1. The topological polar surface area (TPSA) is 46.1 Å². The number of likely N-dealkylation sites (tertiary alicyclic amines) is 1. The molecule has 1 spiro atoms. The van der Waals surface area contributed by atoms with Gasteiger partial charge in [-0.25, -0.2) is 0 Å². The molecule has 2 fully saturated rings. The summed E-state index contributed by atoms with van der Waals surface area (Å²) < 4.78 is 11.3. The number of ether oxygens (including phenoxy) is 2. The van der Waals surface area contributed by atoms with Crippen LogP contribution in [0.2, 0.25) is 5.02 Å². The molecule has 0 aliphatic carbocycles. The van der Waals surface area contributed by atoms with Crippen molar-refractivity contribution in [3.63, 3.8) is 0 Å². The maximum absolute atomic E-state index is 6.08. The Morgan fingerprint density at radius 3 is 2.96 bits per heavy atom. The molecule has 1 N–H and O–H groups in total. The van der Waals surface area contributed by atoms with E-state index in [0.29, 0.717) is 29.3 Å². The van der Waals surface area contributed by atoms with Crippen molar-refractivity contribution in [1.82, 2.24) is 10.2 Å². The molecule has 7 heteroatoms. The summed E-state index contributed by atoms with van der Waals surface area (Å²) in [4.78, 5) is 6.72. The molecule has 2 saturated heterocycles. The molecule has 24 heavy (non-hydrogen) atoms. The largest absolute Gasteiger partial charge is 0.490 e. The predicted octanol–water partition coefficient (Wildman–Crippen LogP) is 3.02. The smallest absolute Gasteiger partial charge is 0.193 e. The summed E-state index contributed by atoms with van der Waals surface area (Å²) in [5, 5.41) is 4.01. The van der Waals surface area contributed by atoms with Crippen LogP contribution >= 0.6 is 35.6 Å². The summed E-state index contributed by atoms with van der Waals surface area (Å²) in [7, 11) is 1.83. The van der Waals surface area contributed by atoms with Gasteiger partial charge in [0.05, 0.1) is 18.2 Å². The molecule has 0 radical (unpaired) electrons. The number of halogens is 2. The first-order valence-electron chi connectivity index (χ1n) is 8.13. The summed E-state index contributed by atoms with van der Waals surface area (Å²) >= 11 is 6.08. The van der Waals surface area contributed by atoms with Gasteiger partial charge in [-0.2, -0.15) is 0 Å². The number of hydrogen-bond acceptors (Lipinski definition) is 3. The fraction of sp³-hybridized carbons (Fsp3) is 0.588. The van der Waals surface area contributed by atoms with Crippen molar-refractivity contribution in [2.24, 2.45) is 10.4 Å². The third-order valence-electron chi connectivity index (χ3n) is 4.61. The second-order valence-electron chi connectivity index (χ2n) is 6.23. The van der Waals surface area contributed by atoms with Gasteiger partial charge in [-0.15, -0.1) is 24.0 Å². The molecule has 3 rings (SSSR count). The molecular weight excluding hydrogens is 441 g/mol. The number of aliphatic imine (C=N–C) groups is 1. The van der Waals surface area contributed by atoms with Gasteiger partial charge >= 0.3 is 0 Å². The normalized spacial score (nSPS) is 23.4. The molecule has 134 valence electrons. The van der Waals surface area contributed by atoms with E-state index >= 15 is 0 Å². The second kappa shape index (κ2) is 9.10. The fourth-order valence-corrected chi connectivity index (χ4v) is 3.50. The number of benzene rings is 1. The zero-order valence-electron chi connectivity index (χ0n) is 14.0. The van der Waals surface area contributed by atoms with E-state index in [1.54, 1.807) is 0 Å². The first-order valence-corrected chi connectivity index (χ1v) is 8.51. The van der Waals surface area contributed by atoms with Crippen LogP contribution in [0.4, 0.5) is 0 Å². The number of para-hydroxylation sites is 1. The predicted molar refractivity (Wildman–Crippen MR) is 108 cm³/mol. The highest BCUT2D eigenvalue weighted by Crippen LogP contribution is 2.38. The van der Waals surface area contributed by atoms with E-state index in [1.165, 1.54) is 6.42 Å². The Balaban J connectivity index is 0.00000208. The molecule has 1 aromatic rings. The molecule has 0 amide bonds. The lowest BCUT2D eigenvalue weighted by molar-refractivity contribution is 0.156. The quantitative estimate of drug-likeness (QED) is 0.321. The van der Waals surface area contributed by atoms with Crippen LogP contribution in [-0.2, 0) is 4.74 Å². The molecule has 2 heterocycles. The van der Waals surface area contributed by atoms with E-state index in [4.69, 9.17) is 21.1 Å². The number of nitrogens with one attached hydrogen (secondary N) is 1. The Morgan fingerprint density at radius 2 is 2.25 bits per heavy atom. The van der Waals surface area contributed by atoms with E-state index in [-0.39, 0.29) is 24.0 Å². The second-order valence-corrected chi connectivity index (χ2v) is 6.63. The Bertz CT molecular complexity index is 565. The van der Waals surface area contributed by atoms with Gasteiger partial charge < -0.3 is 19.7 Å². The monoisotopic (exact) mass is 465 g/mol. The molecule has 2 aliphatic rings. The lowest BCUT2D eigenvalue weighted by Gasteiger charge is -2.25. The van der Waals surface area contributed by atoms with Gasteiger partial charge in [0.15, 0.2) is 5.96 Å². The zero-order valence-corrected chi connectivity index (χ0v) is 17.0. The number of nitrogens with zero attached hydrogens (tertiary/aromatic N) is 2. The standard InChI is InChI=1S/C17H24ClN3O2.HI/c1-19-16(21-9-6-17(12-21)7-10-22-13-17)20-8-11-23-15-5-3-2-4-14(15)18;/h2-5H,6-13H2,1H3,(H,19,20);1H. The summed E-state index contributed by atoms with van der Waals surface area (Å²) in [6.07, 6.45) is 2.35. The Hall–Kier alpha value is -0.730. The highest BCUT2D eigenvalue weighted by Gasteiger charge is 2.42.